The van der Waals surface area contributed by atoms with E-state index in [2.05, 4.69) is 60.1 Å². The lowest BCUT2D eigenvalue weighted by Crippen LogP contribution is -2.17. The van der Waals surface area contributed by atoms with Crippen molar-refractivity contribution >= 4 is 12.1 Å². The van der Waals surface area contributed by atoms with Crippen molar-refractivity contribution in [3.8, 4) is 5.69 Å². The van der Waals surface area contributed by atoms with Crippen LogP contribution in [0.15, 0.2) is 53.6 Å². The van der Waals surface area contributed by atoms with Gasteiger partial charge in [-0.3, -0.25) is 4.79 Å². The van der Waals surface area contributed by atoms with Gasteiger partial charge in [-0.1, -0.05) is 17.7 Å². The van der Waals surface area contributed by atoms with Crippen LogP contribution in [0.4, 0.5) is 0 Å². The van der Waals surface area contributed by atoms with Crippen LogP contribution in [-0.4, -0.2) is 16.7 Å². The van der Waals surface area contributed by atoms with Gasteiger partial charge in [0.15, 0.2) is 0 Å². The highest BCUT2D eigenvalue weighted by atomic mass is 16.2. The molecule has 1 amide bonds. The molecule has 0 bridgehead atoms. The van der Waals surface area contributed by atoms with Crippen molar-refractivity contribution in [2.75, 3.05) is 0 Å². The topological polar surface area (TPSA) is 46.4 Å². The van der Waals surface area contributed by atoms with Gasteiger partial charge in [0.25, 0.3) is 5.91 Å². The maximum Gasteiger partial charge on any atom is 0.271 e. The van der Waals surface area contributed by atoms with Crippen LogP contribution in [0.2, 0.25) is 0 Å². The monoisotopic (exact) mass is 359 g/mol. The summed E-state index contributed by atoms with van der Waals surface area (Å²) in [5.41, 5.74) is 11.1. The number of nitrogens with zero attached hydrogens (tertiary/aromatic N) is 2. The number of amides is 1. The van der Waals surface area contributed by atoms with Crippen molar-refractivity contribution in [2.45, 2.75) is 34.6 Å². The molecule has 0 saturated heterocycles. The molecule has 0 atom stereocenters. The number of carbonyl (C=O) groups excluding carboxylic acids is 1. The van der Waals surface area contributed by atoms with Crippen LogP contribution in [0.1, 0.15) is 44.0 Å². The summed E-state index contributed by atoms with van der Waals surface area (Å²) in [5, 5.41) is 4.14. The molecule has 0 unspecified atom stereocenters. The molecule has 3 aromatic rings. The largest absolute Gasteiger partial charge is 0.319 e. The predicted molar refractivity (Wildman–Crippen MR) is 111 cm³/mol. The van der Waals surface area contributed by atoms with Gasteiger partial charge in [-0.2, -0.15) is 5.10 Å². The third-order valence-electron chi connectivity index (χ3n) is 4.76. The molecule has 0 saturated carbocycles. The number of aryl methyl sites for hydroxylation is 5. The molecule has 0 fully saturated rings. The fourth-order valence-electron chi connectivity index (χ4n) is 3.45. The zero-order chi connectivity index (χ0) is 19.6. The highest BCUT2D eigenvalue weighted by Crippen LogP contribution is 2.17. The van der Waals surface area contributed by atoms with Crippen LogP contribution in [0.3, 0.4) is 0 Å². The van der Waals surface area contributed by atoms with Gasteiger partial charge in [0.05, 0.1) is 6.21 Å². The summed E-state index contributed by atoms with van der Waals surface area (Å²) in [4.78, 5) is 12.4. The van der Waals surface area contributed by atoms with E-state index < -0.39 is 0 Å². The fraction of sp³-hybridized carbons (Fsp3) is 0.217. The number of aromatic nitrogens is 1. The zero-order valence-corrected chi connectivity index (χ0v) is 16.5. The Morgan fingerprint density at radius 3 is 2.00 bits per heavy atom. The second-order valence-electron chi connectivity index (χ2n) is 7.01. The summed E-state index contributed by atoms with van der Waals surface area (Å²) in [6.07, 6.45) is 1.71. The van der Waals surface area contributed by atoms with Crippen LogP contribution in [0.25, 0.3) is 5.69 Å². The Bertz CT molecular complexity index is 968. The molecule has 0 spiro atoms. The van der Waals surface area contributed by atoms with Crippen LogP contribution in [0, 0.1) is 34.6 Å². The molecule has 0 radical (unpaired) electrons. The third kappa shape index (κ3) is 4.00. The lowest BCUT2D eigenvalue weighted by Gasteiger charge is -2.10. The van der Waals surface area contributed by atoms with E-state index in [9.17, 15) is 4.79 Å². The van der Waals surface area contributed by atoms with E-state index in [1.165, 1.54) is 5.56 Å². The molecule has 1 heterocycles. The first-order valence-electron chi connectivity index (χ1n) is 9.03. The van der Waals surface area contributed by atoms with E-state index in [0.717, 1.165) is 33.8 Å². The molecular weight excluding hydrogens is 334 g/mol. The number of hydrogen-bond donors (Lipinski definition) is 1. The number of hydrogen-bond acceptors (Lipinski definition) is 2. The van der Waals surface area contributed by atoms with Crippen molar-refractivity contribution in [1.82, 2.24) is 9.99 Å². The average Bonchev–Trinajstić information content (AvgIpc) is 2.95. The molecule has 0 aliphatic carbocycles. The minimum absolute atomic E-state index is 0.221. The molecule has 27 heavy (non-hydrogen) atoms. The lowest BCUT2D eigenvalue weighted by atomic mass is 10.0. The number of carbonyl (C=O) groups is 1. The SMILES string of the molecule is Cc1cc(C)c(C=NNC(=O)c2ccc(-n3c(C)ccc3C)cc2)c(C)c1. The van der Waals surface area contributed by atoms with Crippen LogP contribution in [-0.2, 0) is 0 Å². The second-order valence-corrected chi connectivity index (χ2v) is 7.01. The summed E-state index contributed by atoms with van der Waals surface area (Å²) >= 11 is 0. The molecule has 1 N–H and O–H groups in total. The first-order chi connectivity index (χ1) is 12.9. The lowest BCUT2D eigenvalue weighted by molar-refractivity contribution is 0.0955. The minimum Gasteiger partial charge on any atom is -0.319 e. The maximum atomic E-state index is 12.4. The summed E-state index contributed by atoms with van der Waals surface area (Å²) in [5.74, 6) is -0.221. The number of nitrogens with one attached hydrogen (secondary N) is 1. The van der Waals surface area contributed by atoms with E-state index in [1.807, 2.05) is 38.1 Å². The van der Waals surface area contributed by atoms with Gasteiger partial charge in [0.2, 0.25) is 0 Å². The summed E-state index contributed by atoms with van der Waals surface area (Å²) in [6, 6.07) is 15.9. The molecule has 4 nitrogen and oxygen atoms in total. The maximum absolute atomic E-state index is 12.4. The highest BCUT2D eigenvalue weighted by Gasteiger charge is 2.07. The van der Waals surface area contributed by atoms with Gasteiger partial charge in [0.1, 0.15) is 0 Å². The van der Waals surface area contributed by atoms with Gasteiger partial charge in [0, 0.05) is 28.2 Å². The summed E-state index contributed by atoms with van der Waals surface area (Å²) in [7, 11) is 0. The molecule has 138 valence electrons. The summed E-state index contributed by atoms with van der Waals surface area (Å²) in [6.45, 7) is 10.3. The molecule has 0 aliphatic rings. The van der Waals surface area contributed by atoms with E-state index in [4.69, 9.17) is 0 Å². The standard InChI is InChI=1S/C23H25N3O/c1-15-12-16(2)22(17(3)13-15)14-24-25-23(27)20-8-10-21(11-9-20)26-18(4)6-7-19(26)5/h6-14H,1-5H3,(H,25,27). The van der Waals surface area contributed by atoms with E-state index >= 15 is 0 Å². The summed E-state index contributed by atoms with van der Waals surface area (Å²) < 4.78 is 2.16. The van der Waals surface area contributed by atoms with Crippen molar-refractivity contribution < 1.29 is 4.79 Å². The van der Waals surface area contributed by atoms with Gasteiger partial charge in [-0.15, -0.1) is 0 Å². The number of hydrazone groups is 1. The molecule has 0 aliphatic heterocycles. The van der Waals surface area contributed by atoms with Crippen molar-refractivity contribution in [1.29, 1.82) is 0 Å². The average molecular weight is 359 g/mol. The number of rotatable bonds is 4. The van der Waals surface area contributed by atoms with Gasteiger partial charge in [-0.25, -0.2) is 5.43 Å². The van der Waals surface area contributed by atoms with Gasteiger partial charge in [-0.05, 0) is 82.1 Å². The second kappa shape index (κ2) is 7.62. The molecule has 2 aromatic carbocycles. The molecular formula is C23H25N3O. The van der Waals surface area contributed by atoms with E-state index in [0.29, 0.717) is 5.56 Å². The molecule has 3 rings (SSSR count). The number of benzene rings is 2. The quantitative estimate of drug-likeness (QED) is 0.529. The predicted octanol–water partition coefficient (Wildman–Crippen LogP) is 4.78. The Hall–Kier alpha value is -3.14. The van der Waals surface area contributed by atoms with E-state index in [1.54, 1.807) is 6.21 Å². The molecule has 1 aromatic heterocycles. The van der Waals surface area contributed by atoms with Crippen molar-refractivity contribution in [3.63, 3.8) is 0 Å². The smallest absolute Gasteiger partial charge is 0.271 e. The normalized spacial score (nSPS) is 11.1. The van der Waals surface area contributed by atoms with E-state index in [-0.39, 0.29) is 5.91 Å². The van der Waals surface area contributed by atoms with Crippen LogP contribution >= 0.6 is 0 Å². The van der Waals surface area contributed by atoms with Gasteiger partial charge < -0.3 is 4.57 Å². The minimum atomic E-state index is -0.221. The zero-order valence-electron chi connectivity index (χ0n) is 16.5. The van der Waals surface area contributed by atoms with Crippen molar-refractivity contribution in [3.05, 3.63) is 87.7 Å². The Balaban J connectivity index is 1.72. The van der Waals surface area contributed by atoms with Crippen molar-refractivity contribution in [2.24, 2.45) is 5.10 Å². The van der Waals surface area contributed by atoms with Crippen LogP contribution < -0.4 is 5.43 Å². The Morgan fingerprint density at radius 2 is 1.44 bits per heavy atom. The Labute approximate surface area is 160 Å². The van der Waals surface area contributed by atoms with Gasteiger partial charge >= 0.3 is 0 Å². The first-order valence-corrected chi connectivity index (χ1v) is 9.03. The first kappa shape index (κ1) is 18.6. The Morgan fingerprint density at radius 1 is 0.889 bits per heavy atom. The highest BCUT2D eigenvalue weighted by molar-refractivity contribution is 5.95. The molecule has 4 heteroatoms. The third-order valence-corrected chi connectivity index (χ3v) is 4.76. The van der Waals surface area contributed by atoms with Crippen LogP contribution in [0.5, 0.6) is 0 Å². The Kier molecular flexibility index (Phi) is 5.26. The fourth-order valence-corrected chi connectivity index (χ4v) is 3.45.